The normalized spacial score (nSPS) is 17.1. The van der Waals surface area contributed by atoms with Gasteiger partial charge < -0.3 is 10.2 Å². The molecule has 34 heavy (non-hydrogen) atoms. The maximum Gasteiger partial charge on any atom is 0.435 e. The molecule has 1 aromatic carbocycles. The summed E-state index contributed by atoms with van der Waals surface area (Å²) in [5.74, 6) is -2.43. The average molecular weight is 499 g/mol. The zero-order valence-corrected chi connectivity index (χ0v) is 19.7. The molecule has 1 saturated heterocycles. The van der Waals surface area contributed by atoms with Gasteiger partial charge in [0.2, 0.25) is 11.7 Å². The number of ketones is 1. The summed E-state index contributed by atoms with van der Waals surface area (Å²) in [4.78, 5) is 46.1. The van der Waals surface area contributed by atoms with Crippen LogP contribution < -0.4 is 16.1 Å². The summed E-state index contributed by atoms with van der Waals surface area (Å²) in [7, 11) is 0. The van der Waals surface area contributed by atoms with Crippen molar-refractivity contribution < 1.29 is 32.4 Å². The van der Waals surface area contributed by atoms with E-state index >= 15 is 0 Å². The number of carbonyl (C=O) groups excluding carboxylic acids is 3. The van der Waals surface area contributed by atoms with Crippen molar-refractivity contribution >= 4 is 34.1 Å². The van der Waals surface area contributed by atoms with Crippen molar-refractivity contribution in [2.45, 2.75) is 45.3 Å². The van der Waals surface area contributed by atoms with E-state index in [2.05, 4.69) is 21.1 Å². The van der Waals surface area contributed by atoms with Gasteiger partial charge in [0, 0.05) is 12.1 Å². The van der Waals surface area contributed by atoms with Crippen LogP contribution in [0.4, 0.5) is 18.3 Å². The second-order valence-electron chi connectivity index (χ2n) is 8.49. The van der Waals surface area contributed by atoms with E-state index in [1.54, 1.807) is 19.1 Å². The van der Waals surface area contributed by atoms with Crippen LogP contribution in [0, 0.1) is 12.8 Å². The fraction of sp³-hybridized carbons (Fsp3) is 0.455. The van der Waals surface area contributed by atoms with E-state index in [0.29, 0.717) is 30.8 Å². The molecule has 12 heteroatoms. The zero-order chi connectivity index (χ0) is 25.1. The second kappa shape index (κ2) is 10.2. The fourth-order valence-electron chi connectivity index (χ4n) is 3.24. The molecule has 0 aliphatic carbocycles. The molecule has 1 aliphatic heterocycles. The van der Waals surface area contributed by atoms with Gasteiger partial charge >= 0.3 is 6.18 Å². The van der Waals surface area contributed by atoms with Crippen LogP contribution in [-0.2, 0) is 20.6 Å². The van der Waals surface area contributed by atoms with Crippen molar-refractivity contribution in [2.24, 2.45) is 5.92 Å². The minimum absolute atomic E-state index is 0.0752. The van der Waals surface area contributed by atoms with Gasteiger partial charge in [-0.3, -0.25) is 19.7 Å². The molecule has 184 valence electrons. The lowest BCUT2D eigenvalue weighted by Crippen LogP contribution is -2.54. The molecule has 0 bridgehead atoms. The van der Waals surface area contributed by atoms with Gasteiger partial charge in [-0.25, -0.2) is 10.5 Å². The molecule has 3 rings (SSSR count). The number of benzene rings is 1. The number of rotatable bonds is 6. The van der Waals surface area contributed by atoms with Gasteiger partial charge in [0.25, 0.3) is 5.91 Å². The Balaban J connectivity index is 1.78. The zero-order valence-electron chi connectivity index (χ0n) is 18.8. The highest BCUT2D eigenvalue weighted by Gasteiger charge is 2.41. The Hall–Kier alpha value is -2.83. The standard InChI is InChI=1S/C22H25F3N4O4S/c1-12-6-8-13(9-7-12)15(30)16-17(22(23,24)25)27-20(34-16)28-19(32)21(2,3)29-18(31)14-5-4-10-33-26-11-14/h6-9,14,26H,4-5,10-11H2,1-3H3,(H,29,31)(H,27,28,32). The highest BCUT2D eigenvalue weighted by atomic mass is 32.1. The van der Waals surface area contributed by atoms with Gasteiger partial charge in [-0.15, -0.1) is 0 Å². The molecule has 8 nitrogen and oxygen atoms in total. The van der Waals surface area contributed by atoms with E-state index in [9.17, 15) is 27.6 Å². The average Bonchev–Trinajstić information content (AvgIpc) is 2.99. The molecule has 0 radical (unpaired) electrons. The monoisotopic (exact) mass is 498 g/mol. The van der Waals surface area contributed by atoms with Crippen LogP contribution in [-0.4, -0.2) is 41.3 Å². The number of hydroxylamine groups is 1. The lowest BCUT2D eigenvalue weighted by Gasteiger charge is -2.26. The Morgan fingerprint density at radius 2 is 1.85 bits per heavy atom. The van der Waals surface area contributed by atoms with E-state index in [1.807, 2.05) is 0 Å². The molecule has 1 aromatic heterocycles. The first kappa shape index (κ1) is 25.8. The van der Waals surface area contributed by atoms with Crippen molar-refractivity contribution in [1.29, 1.82) is 0 Å². The van der Waals surface area contributed by atoms with E-state index in [1.165, 1.54) is 26.0 Å². The number of hydrogen-bond acceptors (Lipinski definition) is 7. The molecule has 0 saturated carbocycles. The minimum Gasteiger partial charge on any atom is -0.342 e. The topological polar surface area (TPSA) is 109 Å². The van der Waals surface area contributed by atoms with Gasteiger partial charge in [-0.05, 0) is 33.6 Å². The van der Waals surface area contributed by atoms with Crippen molar-refractivity contribution in [3.63, 3.8) is 0 Å². The van der Waals surface area contributed by atoms with E-state index in [0.717, 1.165) is 5.56 Å². The number of hydrogen-bond donors (Lipinski definition) is 3. The van der Waals surface area contributed by atoms with Crippen LogP contribution in [0.1, 0.15) is 53.2 Å². The van der Waals surface area contributed by atoms with Crippen LogP contribution in [0.15, 0.2) is 24.3 Å². The number of thiazole rings is 1. The molecule has 2 heterocycles. The summed E-state index contributed by atoms with van der Waals surface area (Å²) in [6.07, 6.45) is -3.68. The molecule has 2 amide bonds. The molecule has 3 N–H and O–H groups in total. The number of nitrogens with one attached hydrogen (secondary N) is 3. The number of alkyl halides is 3. The summed E-state index contributed by atoms with van der Waals surface area (Å²) >= 11 is 0.436. The van der Waals surface area contributed by atoms with Crippen molar-refractivity contribution in [1.82, 2.24) is 15.8 Å². The van der Waals surface area contributed by atoms with Crippen molar-refractivity contribution in [3.8, 4) is 0 Å². The predicted octanol–water partition coefficient (Wildman–Crippen LogP) is 3.47. The molecule has 2 aromatic rings. The van der Waals surface area contributed by atoms with Gasteiger partial charge in [0.15, 0.2) is 10.8 Å². The van der Waals surface area contributed by atoms with Gasteiger partial charge in [0.1, 0.15) is 10.4 Å². The summed E-state index contributed by atoms with van der Waals surface area (Å²) in [5.41, 5.74) is 0.779. The Kier molecular flexibility index (Phi) is 7.74. The first-order valence-electron chi connectivity index (χ1n) is 10.6. The SMILES string of the molecule is Cc1ccc(C(=O)c2sc(NC(=O)C(C)(C)NC(=O)C3CCCONC3)nc2C(F)(F)F)cc1. The minimum atomic E-state index is -4.90. The molecular weight excluding hydrogens is 473 g/mol. The van der Waals surface area contributed by atoms with E-state index in [-0.39, 0.29) is 23.1 Å². The Labute approximate surface area is 198 Å². The summed E-state index contributed by atoms with van der Waals surface area (Å²) in [6.45, 7) is 5.38. The van der Waals surface area contributed by atoms with Crippen LogP contribution in [0.2, 0.25) is 0 Å². The lowest BCUT2D eigenvalue weighted by molar-refractivity contribution is -0.141. The van der Waals surface area contributed by atoms with Crippen molar-refractivity contribution in [2.75, 3.05) is 18.5 Å². The van der Waals surface area contributed by atoms with Crippen molar-refractivity contribution in [3.05, 3.63) is 46.0 Å². The van der Waals surface area contributed by atoms with Crippen LogP contribution >= 0.6 is 11.3 Å². The first-order valence-corrected chi connectivity index (χ1v) is 11.4. The largest absolute Gasteiger partial charge is 0.435 e. The van der Waals surface area contributed by atoms with Gasteiger partial charge in [-0.1, -0.05) is 41.2 Å². The van der Waals surface area contributed by atoms with Gasteiger partial charge in [-0.2, -0.15) is 13.2 Å². The number of amides is 2. The van der Waals surface area contributed by atoms with Crippen LogP contribution in [0.25, 0.3) is 0 Å². The number of carbonyl (C=O) groups is 3. The van der Waals surface area contributed by atoms with Gasteiger partial charge in [0.05, 0.1) is 12.5 Å². The molecular formula is C22H25F3N4O4S. The number of anilines is 1. The van der Waals surface area contributed by atoms with E-state index in [4.69, 9.17) is 4.84 Å². The summed E-state index contributed by atoms with van der Waals surface area (Å²) in [5, 5.41) is 4.54. The Morgan fingerprint density at radius 3 is 2.50 bits per heavy atom. The lowest BCUT2D eigenvalue weighted by atomic mass is 9.99. The van der Waals surface area contributed by atoms with Crippen LogP contribution in [0.5, 0.6) is 0 Å². The highest BCUT2D eigenvalue weighted by Crippen LogP contribution is 2.37. The molecule has 1 aliphatic rings. The second-order valence-corrected chi connectivity index (χ2v) is 9.49. The third kappa shape index (κ3) is 6.19. The van der Waals surface area contributed by atoms with E-state index < -0.39 is 39.9 Å². The smallest absolute Gasteiger partial charge is 0.342 e. The number of aryl methyl sites for hydroxylation is 1. The third-order valence-electron chi connectivity index (χ3n) is 5.24. The molecule has 1 atom stereocenters. The van der Waals surface area contributed by atoms with Crippen LogP contribution in [0.3, 0.4) is 0 Å². The number of aromatic nitrogens is 1. The summed E-state index contributed by atoms with van der Waals surface area (Å²) < 4.78 is 40.8. The fourth-order valence-corrected chi connectivity index (χ4v) is 4.18. The predicted molar refractivity (Wildman–Crippen MR) is 119 cm³/mol. The molecule has 0 spiro atoms. The maximum absolute atomic E-state index is 13.6. The highest BCUT2D eigenvalue weighted by molar-refractivity contribution is 7.18. The third-order valence-corrected chi connectivity index (χ3v) is 6.21. The summed E-state index contributed by atoms with van der Waals surface area (Å²) in [6, 6.07) is 6.10. The Bertz CT molecular complexity index is 1060. The quantitative estimate of drug-likeness (QED) is 0.527. The Morgan fingerprint density at radius 1 is 1.18 bits per heavy atom. The molecule has 1 unspecified atom stereocenters. The number of nitrogens with zero attached hydrogens (tertiary/aromatic N) is 1. The molecule has 1 fully saturated rings. The first-order chi connectivity index (χ1) is 15.9. The maximum atomic E-state index is 13.6. The number of halogens is 3.